The number of tetrazole rings is 1. The summed E-state index contributed by atoms with van der Waals surface area (Å²) in [6, 6.07) is 5.50. The quantitative estimate of drug-likeness (QED) is 0.896. The maximum atomic E-state index is 12.9. The lowest BCUT2D eigenvalue weighted by Crippen LogP contribution is -2.45. The normalized spacial score (nSPS) is 18.0. The molecule has 0 aliphatic heterocycles. The minimum Gasteiger partial charge on any atom is -0.508 e. The van der Waals surface area contributed by atoms with E-state index in [1.54, 1.807) is 6.07 Å². The van der Waals surface area contributed by atoms with Crippen molar-refractivity contribution >= 4 is 5.91 Å². The van der Waals surface area contributed by atoms with E-state index in [1.807, 2.05) is 4.90 Å². The van der Waals surface area contributed by atoms with E-state index >= 15 is 0 Å². The molecule has 7 heteroatoms. The van der Waals surface area contributed by atoms with Crippen LogP contribution in [0.5, 0.6) is 5.75 Å². The van der Waals surface area contributed by atoms with Gasteiger partial charge in [-0.2, -0.15) is 5.21 Å². The first-order chi connectivity index (χ1) is 10.7. The number of aromatic nitrogens is 4. The molecular formula is C15H17N5O2. The highest BCUT2D eigenvalue weighted by Crippen LogP contribution is 2.37. The highest BCUT2D eigenvalue weighted by atomic mass is 16.3. The Morgan fingerprint density at radius 3 is 2.55 bits per heavy atom. The van der Waals surface area contributed by atoms with Crippen LogP contribution < -0.4 is 0 Å². The van der Waals surface area contributed by atoms with Gasteiger partial charge in [0.1, 0.15) is 5.75 Å². The summed E-state index contributed by atoms with van der Waals surface area (Å²) in [6.07, 6.45) is 5.52. The Hall–Kier alpha value is -2.44. The molecule has 1 heterocycles. The minimum atomic E-state index is -0.00663. The monoisotopic (exact) mass is 299 g/mol. The van der Waals surface area contributed by atoms with Crippen molar-refractivity contribution in [3.8, 4) is 17.1 Å². The third kappa shape index (κ3) is 2.32. The zero-order valence-electron chi connectivity index (χ0n) is 12.1. The van der Waals surface area contributed by atoms with E-state index in [0.717, 1.165) is 25.7 Å². The fraction of sp³-hybridized carbons (Fsp3) is 0.467. The van der Waals surface area contributed by atoms with Crippen LogP contribution in [-0.4, -0.2) is 48.6 Å². The van der Waals surface area contributed by atoms with Crippen molar-refractivity contribution in [2.45, 2.75) is 44.2 Å². The number of benzene rings is 1. The van der Waals surface area contributed by atoms with Crippen molar-refractivity contribution in [3.63, 3.8) is 0 Å². The number of hydrogen-bond acceptors (Lipinski definition) is 5. The van der Waals surface area contributed by atoms with Gasteiger partial charge in [0.25, 0.3) is 5.91 Å². The molecule has 2 fully saturated rings. The van der Waals surface area contributed by atoms with Crippen LogP contribution in [-0.2, 0) is 0 Å². The Kier molecular flexibility index (Phi) is 3.06. The van der Waals surface area contributed by atoms with Gasteiger partial charge in [-0.15, -0.1) is 10.2 Å². The maximum Gasteiger partial charge on any atom is 0.254 e. The van der Waals surface area contributed by atoms with Gasteiger partial charge in [0.15, 0.2) is 0 Å². The second-order valence-corrected chi connectivity index (χ2v) is 6.03. The van der Waals surface area contributed by atoms with E-state index in [1.165, 1.54) is 18.6 Å². The number of rotatable bonds is 4. The fourth-order valence-electron chi connectivity index (χ4n) is 2.94. The molecular weight excluding hydrogens is 282 g/mol. The molecule has 22 heavy (non-hydrogen) atoms. The number of aromatic amines is 1. The molecule has 2 N–H and O–H groups in total. The van der Waals surface area contributed by atoms with E-state index in [0.29, 0.717) is 29.0 Å². The molecule has 1 amide bonds. The molecule has 7 nitrogen and oxygen atoms in total. The van der Waals surface area contributed by atoms with Gasteiger partial charge in [0, 0.05) is 23.2 Å². The zero-order valence-corrected chi connectivity index (χ0v) is 12.1. The van der Waals surface area contributed by atoms with E-state index in [9.17, 15) is 9.90 Å². The van der Waals surface area contributed by atoms with Crippen LogP contribution in [0.25, 0.3) is 11.4 Å². The molecule has 0 spiro atoms. The van der Waals surface area contributed by atoms with Crippen molar-refractivity contribution in [3.05, 3.63) is 23.8 Å². The highest BCUT2D eigenvalue weighted by Gasteiger charge is 2.40. The molecule has 1 aromatic carbocycles. The zero-order chi connectivity index (χ0) is 15.1. The van der Waals surface area contributed by atoms with E-state index in [2.05, 4.69) is 20.6 Å². The smallest absolute Gasteiger partial charge is 0.254 e. The van der Waals surface area contributed by atoms with Crippen molar-refractivity contribution in [1.29, 1.82) is 0 Å². The molecule has 0 saturated heterocycles. The van der Waals surface area contributed by atoms with Gasteiger partial charge >= 0.3 is 0 Å². The summed E-state index contributed by atoms with van der Waals surface area (Å²) in [6.45, 7) is 0. The Morgan fingerprint density at radius 1 is 1.18 bits per heavy atom. The second-order valence-electron chi connectivity index (χ2n) is 6.03. The fourth-order valence-corrected chi connectivity index (χ4v) is 2.94. The number of aromatic hydroxyl groups is 1. The first kappa shape index (κ1) is 13.2. The molecule has 0 unspecified atom stereocenters. The lowest BCUT2D eigenvalue weighted by atomic mass is 9.90. The van der Waals surface area contributed by atoms with Crippen LogP contribution in [0, 0.1) is 0 Å². The first-order valence-corrected chi connectivity index (χ1v) is 7.63. The summed E-state index contributed by atoms with van der Waals surface area (Å²) < 4.78 is 0. The Bertz CT molecular complexity index is 692. The number of nitrogens with zero attached hydrogens (tertiary/aromatic N) is 4. The predicted octanol–water partition coefficient (Wildman–Crippen LogP) is 1.73. The van der Waals surface area contributed by atoms with Crippen molar-refractivity contribution in [1.82, 2.24) is 25.5 Å². The minimum absolute atomic E-state index is 0.00663. The summed E-state index contributed by atoms with van der Waals surface area (Å²) in [5.41, 5.74) is 1.07. The molecule has 114 valence electrons. The molecule has 0 atom stereocenters. The standard InChI is InChI=1S/C15H17N5O2/c21-13-7-9(14-16-18-19-17-14)6-10(8-13)15(22)20(12-4-5-12)11-2-1-3-11/h6-8,11-12,21H,1-5H2,(H,16,17,18,19). The van der Waals surface area contributed by atoms with Gasteiger partial charge < -0.3 is 10.0 Å². The number of phenolic OH excluding ortho intramolecular Hbond substituents is 1. The number of carbonyl (C=O) groups excluding carboxylic acids is 1. The summed E-state index contributed by atoms with van der Waals surface area (Å²) in [7, 11) is 0. The maximum absolute atomic E-state index is 12.9. The molecule has 1 aromatic heterocycles. The third-order valence-corrected chi connectivity index (χ3v) is 4.41. The Morgan fingerprint density at radius 2 is 1.95 bits per heavy atom. The van der Waals surface area contributed by atoms with Crippen molar-refractivity contribution < 1.29 is 9.90 Å². The van der Waals surface area contributed by atoms with E-state index in [4.69, 9.17) is 0 Å². The number of phenols is 1. The average Bonchev–Trinajstić information content (AvgIpc) is 3.14. The lowest BCUT2D eigenvalue weighted by Gasteiger charge is -2.38. The summed E-state index contributed by atoms with van der Waals surface area (Å²) >= 11 is 0. The molecule has 2 saturated carbocycles. The predicted molar refractivity (Wildman–Crippen MR) is 78.1 cm³/mol. The van der Waals surface area contributed by atoms with Crippen LogP contribution >= 0.6 is 0 Å². The topological polar surface area (TPSA) is 95.0 Å². The van der Waals surface area contributed by atoms with Gasteiger partial charge in [-0.25, -0.2) is 0 Å². The largest absolute Gasteiger partial charge is 0.508 e. The summed E-state index contributed by atoms with van der Waals surface area (Å²) in [5.74, 6) is 0.398. The highest BCUT2D eigenvalue weighted by molar-refractivity contribution is 5.96. The average molecular weight is 299 g/mol. The molecule has 2 aliphatic carbocycles. The molecule has 0 bridgehead atoms. The third-order valence-electron chi connectivity index (χ3n) is 4.41. The van der Waals surface area contributed by atoms with Gasteiger partial charge in [-0.3, -0.25) is 4.79 Å². The van der Waals surface area contributed by atoms with Crippen LogP contribution in [0.1, 0.15) is 42.5 Å². The van der Waals surface area contributed by atoms with Crippen molar-refractivity contribution in [2.75, 3.05) is 0 Å². The SMILES string of the molecule is O=C(c1cc(O)cc(-c2nn[nH]n2)c1)N(C1CCC1)C1CC1. The van der Waals surface area contributed by atoms with E-state index in [-0.39, 0.29) is 11.7 Å². The number of hydrogen-bond donors (Lipinski definition) is 2. The van der Waals surface area contributed by atoms with Gasteiger partial charge in [0.2, 0.25) is 5.82 Å². The van der Waals surface area contributed by atoms with Crippen LogP contribution in [0.4, 0.5) is 0 Å². The lowest BCUT2D eigenvalue weighted by molar-refractivity contribution is 0.0556. The number of carbonyl (C=O) groups is 1. The van der Waals surface area contributed by atoms with Gasteiger partial charge in [-0.1, -0.05) is 0 Å². The Balaban J connectivity index is 1.67. The molecule has 0 radical (unpaired) electrons. The van der Waals surface area contributed by atoms with Crippen LogP contribution in [0.15, 0.2) is 18.2 Å². The van der Waals surface area contributed by atoms with Gasteiger partial charge in [-0.05, 0) is 55.5 Å². The molecule has 2 aromatic rings. The second kappa shape index (κ2) is 5.08. The summed E-state index contributed by atoms with van der Waals surface area (Å²) in [4.78, 5) is 14.9. The van der Waals surface area contributed by atoms with Crippen molar-refractivity contribution in [2.24, 2.45) is 0 Å². The van der Waals surface area contributed by atoms with Crippen LogP contribution in [0.2, 0.25) is 0 Å². The first-order valence-electron chi connectivity index (χ1n) is 7.63. The number of H-pyrrole nitrogens is 1. The Labute approximate surface area is 127 Å². The van der Waals surface area contributed by atoms with E-state index < -0.39 is 0 Å². The molecule has 4 rings (SSSR count). The number of amides is 1. The number of nitrogens with one attached hydrogen (secondary N) is 1. The molecule has 2 aliphatic rings. The van der Waals surface area contributed by atoms with Crippen LogP contribution in [0.3, 0.4) is 0 Å². The van der Waals surface area contributed by atoms with Gasteiger partial charge in [0.05, 0.1) is 0 Å². The summed E-state index contributed by atoms with van der Waals surface area (Å²) in [5, 5.41) is 23.6.